The summed E-state index contributed by atoms with van der Waals surface area (Å²) in [4.78, 5) is 31.4. The molecule has 0 bridgehead atoms. The van der Waals surface area contributed by atoms with Crippen molar-refractivity contribution in [2.75, 3.05) is 12.3 Å². The molecule has 1 aromatic heterocycles. The van der Waals surface area contributed by atoms with E-state index in [0.717, 1.165) is 4.57 Å². The Bertz CT molecular complexity index is 1170. The van der Waals surface area contributed by atoms with Gasteiger partial charge >= 0.3 is 18.4 Å². The topological polar surface area (TPSA) is 90.5 Å². The molecule has 2 aromatic rings. The Morgan fingerprint density at radius 3 is 2.32 bits per heavy atom. The fourth-order valence-electron chi connectivity index (χ4n) is 4.96. The first-order chi connectivity index (χ1) is 17.3. The summed E-state index contributed by atoms with van der Waals surface area (Å²) < 4.78 is 85.0. The van der Waals surface area contributed by atoms with Gasteiger partial charge in [0, 0.05) is 12.1 Å². The Hall–Kier alpha value is -3.25. The van der Waals surface area contributed by atoms with Gasteiger partial charge in [-0.25, -0.2) is 9.78 Å². The van der Waals surface area contributed by atoms with E-state index < -0.39 is 54.4 Å². The van der Waals surface area contributed by atoms with E-state index in [-0.39, 0.29) is 62.0 Å². The normalized spacial score (nSPS) is 21.3. The van der Waals surface area contributed by atoms with Crippen molar-refractivity contribution in [1.29, 1.82) is 0 Å². The Balaban J connectivity index is 1.51. The highest BCUT2D eigenvalue weighted by atomic mass is 19.4. The van der Waals surface area contributed by atoms with E-state index in [1.54, 1.807) is 18.2 Å². The third kappa shape index (κ3) is 6.19. The number of hydrogen-bond donors (Lipinski definition) is 1. The van der Waals surface area contributed by atoms with Gasteiger partial charge in [0.1, 0.15) is 6.10 Å². The SMILES string of the molecule is Nc1nc2c(c(=O)n1C(CC(F)(F)F)c1ccccc1)CCN(C(=O)O[C@H]1CC[C@H](C(F)(F)F)CC1)C2. The molecule has 1 unspecified atom stereocenters. The summed E-state index contributed by atoms with van der Waals surface area (Å²) in [6, 6.07) is 6.29. The van der Waals surface area contributed by atoms with Crippen molar-refractivity contribution < 1.29 is 35.9 Å². The molecule has 1 amide bonds. The highest BCUT2D eigenvalue weighted by Crippen LogP contribution is 2.38. The van der Waals surface area contributed by atoms with Gasteiger partial charge in [-0.3, -0.25) is 9.36 Å². The maximum Gasteiger partial charge on any atom is 0.410 e. The zero-order valence-corrected chi connectivity index (χ0v) is 19.7. The van der Waals surface area contributed by atoms with Crippen molar-refractivity contribution in [1.82, 2.24) is 14.5 Å². The van der Waals surface area contributed by atoms with Crippen LogP contribution in [0.2, 0.25) is 0 Å². The van der Waals surface area contributed by atoms with Gasteiger partial charge in [-0.2, -0.15) is 26.3 Å². The van der Waals surface area contributed by atoms with E-state index in [1.807, 2.05) is 0 Å². The van der Waals surface area contributed by atoms with Crippen LogP contribution < -0.4 is 11.3 Å². The summed E-state index contributed by atoms with van der Waals surface area (Å²) in [6.45, 7) is -0.110. The quantitative estimate of drug-likeness (QED) is 0.561. The molecule has 2 heterocycles. The second-order valence-electron chi connectivity index (χ2n) is 9.39. The number of nitrogens with zero attached hydrogens (tertiary/aromatic N) is 3. The molecular weight excluding hydrogens is 506 g/mol. The molecule has 1 atom stereocenters. The Morgan fingerprint density at radius 2 is 1.73 bits per heavy atom. The lowest BCUT2D eigenvalue weighted by Gasteiger charge is -2.33. The van der Waals surface area contributed by atoms with Crippen molar-refractivity contribution in [3.05, 3.63) is 57.5 Å². The van der Waals surface area contributed by atoms with E-state index in [2.05, 4.69) is 4.98 Å². The fourth-order valence-corrected chi connectivity index (χ4v) is 4.96. The second kappa shape index (κ2) is 10.3. The van der Waals surface area contributed by atoms with Gasteiger partial charge in [0.15, 0.2) is 0 Å². The zero-order chi connectivity index (χ0) is 27.0. The summed E-state index contributed by atoms with van der Waals surface area (Å²) in [5, 5.41) is 0. The van der Waals surface area contributed by atoms with E-state index in [1.165, 1.54) is 17.0 Å². The van der Waals surface area contributed by atoms with Gasteiger partial charge < -0.3 is 15.4 Å². The number of halogens is 6. The van der Waals surface area contributed by atoms with Crippen LogP contribution in [0.15, 0.2) is 35.1 Å². The minimum atomic E-state index is -4.58. The van der Waals surface area contributed by atoms with Crippen LogP contribution in [0.5, 0.6) is 0 Å². The number of rotatable bonds is 4. The predicted molar refractivity (Wildman–Crippen MR) is 121 cm³/mol. The van der Waals surface area contributed by atoms with Crippen LogP contribution in [0, 0.1) is 5.92 Å². The molecule has 0 spiro atoms. The predicted octanol–water partition coefficient (Wildman–Crippen LogP) is 4.98. The van der Waals surface area contributed by atoms with E-state index in [4.69, 9.17) is 10.5 Å². The number of carbonyl (C=O) groups excluding carboxylic acids is 1. The Labute approximate surface area is 208 Å². The van der Waals surface area contributed by atoms with Crippen molar-refractivity contribution in [3.8, 4) is 0 Å². The van der Waals surface area contributed by atoms with Crippen LogP contribution in [0.4, 0.5) is 37.1 Å². The first-order valence-corrected chi connectivity index (χ1v) is 11.9. The standard InChI is InChI=1S/C24H26F6N4O3/c25-23(26,27)12-19(14-4-2-1-3-5-14)34-20(35)17-10-11-33(13-18(17)32-21(34)31)22(36)37-16-8-6-15(7-9-16)24(28,29)30/h1-5,15-16,19H,6-13H2,(H2,31,32)/t15-,16-,19?. The zero-order valence-electron chi connectivity index (χ0n) is 19.7. The van der Waals surface area contributed by atoms with Gasteiger partial charge in [0.25, 0.3) is 5.56 Å². The van der Waals surface area contributed by atoms with Crippen LogP contribution in [0.3, 0.4) is 0 Å². The maximum absolute atomic E-state index is 13.4. The minimum Gasteiger partial charge on any atom is -0.446 e. The summed E-state index contributed by atoms with van der Waals surface area (Å²) >= 11 is 0. The van der Waals surface area contributed by atoms with Gasteiger partial charge in [-0.1, -0.05) is 30.3 Å². The Kier molecular flexibility index (Phi) is 7.43. The third-order valence-corrected chi connectivity index (χ3v) is 6.88. The number of benzene rings is 1. The molecular formula is C24H26F6N4O3. The molecule has 0 radical (unpaired) electrons. The van der Waals surface area contributed by atoms with Gasteiger partial charge in [-0.15, -0.1) is 0 Å². The lowest BCUT2D eigenvalue weighted by molar-refractivity contribution is -0.186. The molecule has 1 aliphatic heterocycles. The monoisotopic (exact) mass is 532 g/mol. The molecule has 37 heavy (non-hydrogen) atoms. The van der Waals surface area contributed by atoms with Gasteiger partial charge in [0.2, 0.25) is 5.95 Å². The van der Waals surface area contributed by atoms with E-state index >= 15 is 0 Å². The van der Waals surface area contributed by atoms with Gasteiger partial charge in [0.05, 0.1) is 30.6 Å². The van der Waals surface area contributed by atoms with Crippen LogP contribution in [-0.2, 0) is 17.7 Å². The van der Waals surface area contributed by atoms with Crippen LogP contribution in [0.1, 0.15) is 55.0 Å². The smallest absolute Gasteiger partial charge is 0.410 e. The molecule has 1 aromatic carbocycles. The molecule has 7 nitrogen and oxygen atoms in total. The number of nitrogen functional groups attached to an aromatic ring is 1. The first-order valence-electron chi connectivity index (χ1n) is 11.9. The highest BCUT2D eigenvalue weighted by molar-refractivity contribution is 5.68. The largest absolute Gasteiger partial charge is 0.446 e. The second-order valence-corrected chi connectivity index (χ2v) is 9.39. The lowest BCUT2D eigenvalue weighted by Crippen LogP contribution is -2.43. The van der Waals surface area contributed by atoms with Crippen LogP contribution in [0.25, 0.3) is 0 Å². The van der Waals surface area contributed by atoms with E-state index in [9.17, 15) is 35.9 Å². The molecule has 2 N–H and O–H groups in total. The number of aromatic nitrogens is 2. The fraction of sp³-hybridized carbons (Fsp3) is 0.542. The summed E-state index contributed by atoms with van der Waals surface area (Å²) in [5.41, 5.74) is 5.83. The number of hydrogen-bond acceptors (Lipinski definition) is 5. The summed E-state index contributed by atoms with van der Waals surface area (Å²) in [5.74, 6) is -1.82. The molecule has 202 valence electrons. The average molecular weight is 532 g/mol. The number of amides is 1. The van der Waals surface area contributed by atoms with Crippen molar-refractivity contribution in [2.24, 2.45) is 5.92 Å². The first kappa shape index (κ1) is 26.8. The molecule has 0 saturated heterocycles. The summed E-state index contributed by atoms with van der Waals surface area (Å²) in [7, 11) is 0. The number of carbonyl (C=O) groups is 1. The van der Waals surface area contributed by atoms with Crippen molar-refractivity contribution in [3.63, 3.8) is 0 Å². The molecule has 2 aliphatic rings. The Morgan fingerprint density at radius 1 is 1.08 bits per heavy atom. The van der Waals surface area contributed by atoms with Crippen LogP contribution in [-0.4, -0.2) is 45.5 Å². The summed E-state index contributed by atoms with van der Waals surface area (Å²) in [6.07, 6.45) is -11.6. The number of alkyl halides is 6. The third-order valence-electron chi connectivity index (χ3n) is 6.88. The molecule has 1 saturated carbocycles. The number of fused-ring (bicyclic) bond motifs is 1. The lowest BCUT2D eigenvalue weighted by atomic mass is 9.87. The van der Waals surface area contributed by atoms with Crippen LogP contribution >= 0.6 is 0 Å². The highest BCUT2D eigenvalue weighted by Gasteiger charge is 2.42. The number of anilines is 1. The number of ether oxygens (including phenoxy) is 1. The maximum atomic E-state index is 13.4. The van der Waals surface area contributed by atoms with Gasteiger partial charge in [-0.05, 0) is 37.7 Å². The molecule has 13 heteroatoms. The minimum absolute atomic E-state index is 0.0187. The molecule has 4 rings (SSSR count). The van der Waals surface area contributed by atoms with Crippen molar-refractivity contribution in [2.45, 2.75) is 69.6 Å². The average Bonchev–Trinajstić information content (AvgIpc) is 2.82. The van der Waals surface area contributed by atoms with E-state index in [0.29, 0.717) is 0 Å². The number of nitrogens with two attached hydrogens (primary N) is 1. The molecule has 1 aliphatic carbocycles. The molecule has 1 fully saturated rings. The van der Waals surface area contributed by atoms with Crippen molar-refractivity contribution >= 4 is 12.0 Å².